The van der Waals surface area contributed by atoms with Gasteiger partial charge in [-0.25, -0.2) is 14.4 Å². The van der Waals surface area contributed by atoms with E-state index in [9.17, 15) is 19.5 Å². The molecule has 5 atom stereocenters. The lowest BCUT2D eigenvalue weighted by Crippen LogP contribution is -2.61. The highest BCUT2D eigenvalue weighted by molar-refractivity contribution is 7.99. The molecule has 5 rings (SSSR count). The quantitative estimate of drug-likeness (QED) is 0.210. The molecule has 4 aromatic carbocycles. The van der Waals surface area contributed by atoms with Gasteiger partial charge in [0.15, 0.2) is 18.3 Å². The molecule has 0 spiro atoms. The zero-order valence-corrected chi connectivity index (χ0v) is 23.2. The van der Waals surface area contributed by atoms with E-state index < -0.39 is 54.4 Å². The van der Waals surface area contributed by atoms with E-state index in [1.807, 2.05) is 30.3 Å². The number of hydrogen-bond donors (Lipinski definition) is 1. The molecule has 0 radical (unpaired) electrons. The van der Waals surface area contributed by atoms with E-state index in [4.69, 9.17) is 18.9 Å². The van der Waals surface area contributed by atoms with Crippen LogP contribution >= 0.6 is 11.8 Å². The van der Waals surface area contributed by atoms with Crippen LogP contribution in [0.25, 0.3) is 0 Å². The number of aliphatic hydroxyl groups excluding tert-OH is 1. The Hall–Kier alpha value is -4.44. The average molecular weight is 585 g/mol. The normalized spacial score (nSPS) is 21.6. The summed E-state index contributed by atoms with van der Waals surface area (Å²) in [5.41, 5.74) is -0.160. The highest BCUT2D eigenvalue weighted by Gasteiger charge is 2.52. The minimum atomic E-state index is -1.33. The zero-order chi connectivity index (χ0) is 29.3. The van der Waals surface area contributed by atoms with E-state index in [1.54, 1.807) is 91.0 Å². The summed E-state index contributed by atoms with van der Waals surface area (Å²) < 4.78 is 24.0. The molecule has 0 bridgehead atoms. The van der Waals surface area contributed by atoms with Crippen LogP contribution in [-0.2, 0) is 18.9 Å². The lowest BCUT2D eigenvalue weighted by molar-refractivity contribution is -0.207. The standard InChI is InChI=1S/C33H28O8S/c34-21-26-27(39-30(35)22-13-5-1-6-14-22)28(40-31(36)23-15-7-2-8-16-23)29(41-32(37)24-17-9-3-10-18-24)33(38-26)42-25-19-11-4-12-20-25/h1-20,26-29,33-34H,21H2/t26-,27-,28+,29-,33+/m1/s1. The summed E-state index contributed by atoms with van der Waals surface area (Å²) >= 11 is 1.23. The van der Waals surface area contributed by atoms with Gasteiger partial charge in [0.05, 0.1) is 23.3 Å². The van der Waals surface area contributed by atoms with Crippen LogP contribution in [0.4, 0.5) is 0 Å². The van der Waals surface area contributed by atoms with Crippen molar-refractivity contribution in [2.45, 2.75) is 34.7 Å². The molecule has 1 aliphatic rings. The van der Waals surface area contributed by atoms with Crippen LogP contribution in [0.2, 0.25) is 0 Å². The average Bonchev–Trinajstić information content (AvgIpc) is 3.05. The maximum absolute atomic E-state index is 13.4. The fourth-order valence-electron chi connectivity index (χ4n) is 4.45. The van der Waals surface area contributed by atoms with Crippen LogP contribution in [0, 0.1) is 0 Å². The first-order valence-electron chi connectivity index (χ1n) is 13.3. The molecule has 1 fully saturated rings. The fourth-order valence-corrected chi connectivity index (χ4v) is 5.58. The number of carbonyl (C=O) groups is 3. The van der Waals surface area contributed by atoms with Crippen LogP contribution in [-0.4, -0.2) is 59.5 Å². The smallest absolute Gasteiger partial charge is 0.338 e. The second-order valence-electron chi connectivity index (χ2n) is 9.36. The largest absolute Gasteiger partial charge is 0.452 e. The summed E-state index contributed by atoms with van der Waals surface area (Å²) in [6, 6.07) is 34.2. The molecule has 1 N–H and O–H groups in total. The second kappa shape index (κ2) is 14.0. The third-order valence-corrected chi connectivity index (χ3v) is 7.68. The van der Waals surface area contributed by atoms with Crippen molar-refractivity contribution < 1.29 is 38.4 Å². The van der Waals surface area contributed by atoms with Crippen molar-refractivity contribution in [3.8, 4) is 0 Å². The topological polar surface area (TPSA) is 108 Å². The highest BCUT2D eigenvalue weighted by atomic mass is 32.2. The summed E-state index contributed by atoms with van der Waals surface area (Å²) in [4.78, 5) is 40.7. The Bertz CT molecular complexity index is 1470. The van der Waals surface area contributed by atoms with Crippen LogP contribution in [0.1, 0.15) is 31.1 Å². The third-order valence-electron chi connectivity index (χ3n) is 6.52. The van der Waals surface area contributed by atoms with Gasteiger partial charge in [0, 0.05) is 4.90 Å². The van der Waals surface area contributed by atoms with Gasteiger partial charge in [0.1, 0.15) is 11.5 Å². The van der Waals surface area contributed by atoms with Gasteiger partial charge in [-0.15, -0.1) is 0 Å². The van der Waals surface area contributed by atoms with Gasteiger partial charge in [-0.3, -0.25) is 0 Å². The minimum absolute atomic E-state index is 0.248. The summed E-state index contributed by atoms with van der Waals surface area (Å²) in [5, 5.41) is 10.4. The number of rotatable bonds is 9. The van der Waals surface area contributed by atoms with Crippen molar-refractivity contribution >= 4 is 29.7 Å². The van der Waals surface area contributed by atoms with E-state index in [0.717, 1.165) is 4.90 Å². The third kappa shape index (κ3) is 7.06. The molecule has 1 aliphatic heterocycles. The van der Waals surface area contributed by atoms with E-state index in [1.165, 1.54) is 11.8 Å². The second-order valence-corrected chi connectivity index (χ2v) is 10.5. The van der Waals surface area contributed by atoms with Gasteiger partial charge in [0.25, 0.3) is 0 Å². The maximum Gasteiger partial charge on any atom is 0.338 e. The zero-order valence-electron chi connectivity index (χ0n) is 22.4. The number of aliphatic hydroxyl groups is 1. The molecule has 1 heterocycles. The molecule has 214 valence electrons. The maximum atomic E-state index is 13.4. The van der Waals surface area contributed by atoms with Crippen molar-refractivity contribution in [1.29, 1.82) is 0 Å². The number of thioether (sulfide) groups is 1. The van der Waals surface area contributed by atoms with E-state index >= 15 is 0 Å². The summed E-state index contributed by atoms with van der Waals surface area (Å²) in [6.45, 7) is -0.558. The van der Waals surface area contributed by atoms with Crippen molar-refractivity contribution in [1.82, 2.24) is 0 Å². The molecule has 8 nitrogen and oxygen atoms in total. The molecule has 0 aromatic heterocycles. The monoisotopic (exact) mass is 584 g/mol. The number of benzene rings is 4. The van der Waals surface area contributed by atoms with Gasteiger partial charge in [0.2, 0.25) is 0 Å². The van der Waals surface area contributed by atoms with Gasteiger partial charge in [-0.2, -0.15) is 0 Å². The number of carbonyl (C=O) groups excluding carboxylic acids is 3. The Kier molecular flexibility index (Phi) is 9.66. The van der Waals surface area contributed by atoms with Gasteiger partial charge in [-0.05, 0) is 48.5 Å². The molecule has 0 amide bonds. The number of hydrogen-bond acceptors (Lipinski definition) is 9. The SMILES string of the molecule is O=C(O[C@@H]1[C@@H](OC(=O)c2ccccc2)[C@H](Sc2ccccc2)O[C@H](CO)[C@H]1OC(=O)c1ccccc1)c1ccccc1. The van der Waals surface area contributed by atoms with Gasteiger partial charge >= 0.3 is 17.9 Å². The molecule has 4 aromatic rings. The Morgan fingerprint density at radius 3 is 1.38 bits per heavy atom. The minimum Gasteiger partial charge on any atom is -0.452 e. The predicted octanol–water partition coefficient (Wildman–Crippen LogP) is 5.17. The first kappa shape index (κ1) is 29.1. The fraction of sp³-hybridized carbons (Fsp3) is 0.182. The van der Waals surface area contributed by atoms with Crippen molar-refractivity contribution in [2.75, 3.05) is 6.61 Å². The Balaban J connectivity index is 1.54. The molecule has 0 aliphatic carbocycles. The van der Waals surface area contributed by atoms with Crippen LogP contribution in [0.3, 0.4) is 0 Å². The summed E-state index contributed by atoms with van der Waals surface area (Å²) in [6.07, 6.45) is -4.97. The number of esters is 3. The predicted molar refractivity (Wildman–Crippen MR) is 155 cm³/mol. The Labute approximate surface area is 247 Å². The first-order chi connectivity index (χ1) is 20.5. The van der Waals surface area contributed by atoms with E-state index in [-0.39, 0.29) is 16.7 Å². The molecule has 1 saturated heterocycles. The lowest BCUT2D eigenvalue weighted by atomic mass is 9.98. The summed E-state index contributed by atoms with van der Waals surface area (Å²) in [7, 11) is 0. The van der Waals surface area contributed by atoms with Crippen molar-refractivity contribution in [3.63, 3.8) is 0 Å². The molecular formula is C33H28O8S. The van der Waals surface area contributed by atoms with Crippen molar-refractivity contribution in [3.05, 3.63) is 138 Å². The van der Waals surface area contributed by atoms with E-state index in [2.05, 4.69) is 0 Å². The summed E-state index contributed by atoms with van der Waals surface area (Å²) in [5.74, 6) is -2.12. The van der Waals surface area contributed by atoms with E-state index in [0.29, 0.717) is 0 Å². The first-order valence-corrected chi connectivity index (χ1v) is 14.2. The van der Waals surface area contributed by atoms with Crippen LogP contribution < -0.4 is 0 Å². The van der Waals surface area contributed by atoms with Gasteiger partial charge in [-0.1, -0.05) is 84.6 Å². The Morgan fingerprint density at radius 2 is 0.952 bits per heavy atom. The van der Waals surface area contributed by atoms with Crippen molar-refractivity contribution in [2.24, 2.45) is 0 Å². The lowest BCUT2D eigenvalue weighted by Gasteiger charge is -2.44. The molecular weight excluding hydrogens is 556 g/mol. The molecule has 42 heavy (non-hydrogen) atoms. The molecule has 9 heteroatoms. The highest BCUT2D eigenvalue weighted by Crippen LogP contribution is 2.38. The van der Waals surface area contributed by atoms with Crippen LogP contribution in [0.5, 0.6) is 0 Å². The Morgan fingerprint density at radius 1 is 0.571 bits per heavy atom. The van der Waals surface area contributed by atoms with Crippen LogP contribution in [0.15, 0.2) is 126 Å². The molecule has 0 saturated carbocycles. The van der Waals surface area contributed by atoms with Gasteiger partial charge < -0.3 is 24.1 Å². The number of ether oxygens (including phenoxy) is 4. The molecule has 0 unspecified atom stereocenters.